The van der Waals surface area contributed by atoms with E-state index < -0.39 is 0 Å². The first-order chi connectivity index (χ1) is 11.2. The third-order valence-corrected chi connectivity index (χ3v) is 4.01. The number of para-hydroxylation sites is 1. The maximum Gasteiger partial charge on any atom is 0.254 e. The highest BCUT2D eigenvalue weighted by Gasteiger charge is 2.22. The predicted octanol–water partition coefficient (Wildman–Crippen LogP) is 0.960. The lowest BCUT2D eigenvalue weighted by Gasteiger charge is -2.24. The average Bonchev–Trinajstić information content (AvgIpc) is 2.61. The van der Waals surface area contributed by atoms with Crippen LogP contribution in [0.25, 0.3) is 10.9 Å². The van der Waals surface area contributed by atoms with E-state index in [1.165, 1.54) is 4.90 Å². The normalized spacial score (nSPS) is 18.1. The molecule has 1 aromatic heterocycles. The van der Waals surface area contributed by atoms with E-state index in [4.69, 9.17) is 9.84 Å². The number of carbonyl (C=O) groups is 1. The Bertz CT molecular complexity index is 699. The SMILES string of the molecule is CN(CCO)C(=O)c1cc([C@@H]2CNCCO2)nc2ccccc12. The first kappa shape index (κ1) is 15.9. The third kappa shape index (κ3) is 3.34. The van der Waals surface area contributed by atoms with Gasteiger partial charge in [-0.2, -0.15) is 0 Å². The number of pyridine rings is 1. The van der Waals surface area contributed by atoms with Gasteiger partial charge in [0.25, 0.3) is 5.91 Å². The minimum Gasteiger partial charge on any atom is -0.395 e. The van der Waals surface area contributed by atoms with Gasteiger partial charge >= 0.3 is 0 Å². The van der Waals surface area contributed by atoms with Crippen molar-refractivity contribution in [2.24, 2.45) is 0 Å². The van der Waals surface area contributed by atoms with E-state index in [0.717, 1.165) is 23.1 Å². The average molecular weight is 315 g/mol. The lowest BCUT2D eigenvalue weighted by atomic mass is 10.0. The monoisotopic (exact) mass is 315 g/mol. The number of carbonyl (C=O) groups excluding carboxylic acids is 1. The van der Waals surface area contributed by atoms with Crippen molar-refractivity contribution in [3.8, 4) is 0 Å². The number of hydrogen-bond donors (Lipinski definition) is 2. The number of hydrogen-bond acceptors (Lipinski definition) is 5. The van der Waals surface area contributed by atoms with Crippen LogP contribution in [-0.4, -0.2) is 60.8 Å². The predicted molar refractivity (Wildman–Crippen MR) is 87.4 cm³/mol. The van der Waals surface area contributed by atoms with Gasteiger partial charge in [0, 0.05) is 32.1 Å². The summed E-state index contributed by atoms with van der Waals surface area (Å²) in [6.07, 6.45) is -0.150. The number of amides is 1. The molecular formula is C17H21N3O3. The number of likely N-dealkylation sites (N-methyl/N-ethyl adjacent to an activating group) is 1. The van der Waals surface area contributed by atoms with E-state index in [2.05, 4.69) is 10.3 Å². The molecule has 0 unspecified atom stereocenters. The summed E-state index contributed by atoms with van der Waals surface area (Å²) in [6.45, 7) is 2.38. The zero-order valence-electron chi connectivity index (χ0n) is 13.2. The van der Waals surface area contributed by atoms with Gasteiger partial charge in [-0.25, -0.2) is 4.98 Å². The lowest BCUT2D eigenvalue weighted by Crippen LogP contribution is -2.34. The van der Waals surface area contributed by atoms with E-state index in [1.807, 2.05) is 30.3 Å². The van der Waals surface area contributed by atoms with Gasteiger partial charge in [0.05, 0.1) is 30.0 Å². The van der Waals surface area contributed by atoms with E-state index in [1.54, 1.807) is 7.05 Å². The molecule has 2 aromatic rings. The number of fused-ring (bicyclic) bond motifs is 1. The van der Waals surface area contributed by atoms with Crippen LogP contribution in [0.2, 0.25) is 0 Å². The maximum atomic E-state index is 12.7. The molecule has 3 rings (SSSR count). The molecule has 6 nitrogen and oxygen atoms in total. The van der Waals surface area contributed by atoms with Crippen molar-refractivity contribution in [3.05, 3.63) is 41.6 Å². The fraction of sp³-hybridized carbons (Fsp3) is 0.412. The number of aliphatic hydroxyl groups excluding tert-OH is 1. The molecule has 1 aliphatic rings. The highest BCUT2D eigenvalue weighted by atomic mass is 16.5. The molecule has 0 radical (unpaired) electrons. The molecule has 0 saturated carbocycles. The number of aromatic nitrogens is 1. The molecule has 0 bridgehead atoms. The van der Waals surface area contributed by atoms with Crippen molar-refractivity contribution >= 4 is 16.8 Å². The quantitative estimate of drug-likeness (QED) is 0.879. The van der Waals surface area contributed by atoms with Gasteiger partial charge in [0.2, 0.25) is 0 Å². The highest BCUT2D eigenvalue weighted by Crippen LogP contribution is 2.25. The van der Waals surface area contributed by atoms with Crippen molar-refractivity contribution < 1.29 is 14.6 Å². The maximum absolute atomic E-state index is 12.7. The third-order valence-electron chi connectivity index (χ3n) is 4.01. The van der Waals surface area contributed by atoms with Crippen LogP contribution in [0.4, 0.5) is 0 Å². The Morgan fingerprint density at radius 3 is 3.04 bits per heavy atom. The van der Waals surface area contributed by atoms with Crippen molar-refractivity contribution in [3.63, 3.8) is 0 Å². The van der Waals surface area contributed by atoms with Gasteiger partial charge in [0.1, 0.15) is 6.10 Å². The Labute approximate surface area is 135 Å². The Kier molecular flexibility index (Phi) is 4.85. The summed E-state index contributed by atoms with van der Waals surface area (Å²) < 4.78 is 5.77. The fourth-order valence-corrected chi connectivity index (χ4v) is 2.75. The molecule has 2 heterocycles. The molecule has 1 aromatic carbocycles. The molecule has 0 aliphatic carbocycles. The standard InChI is InChI=1S/C17H21N3O3/c1-20(7-8-21)17(22)13-10-15(16-11-18-6-9-23-16)19-14-5-3-2-4-12(13)14/h2-5,10,16,18,21H,6-9,11H2,1H3/t16-/m0/s1. The molecule has 6 heteroatoms. The van der Waals surface area contributed by atoms with E-state index in [0.29, 0.717) is 25.3 Å². The first-order valence-electron chi connectivity index (χ1n) is 7.79. The summed E-state index contributed by atoms with van der Waals surface area (Å²) >= 11 is 0. The largest absolute Gasteiger partial charge is 0.395 e. The van der Waals surface area contributed by atoms with Gasteiger partial charge in [0.15, 0.2) is 0 Å². The molecule has 1 fully saturated rings. The summed E-state index contributed by atoms with van der Waals surface area (Å²) in [5.74, 6) is -0.123. The zero-order chi connectivity index (χ0) is 16.2. The van der Waals surface area contributed by atoms with E-state index in [9.17, 15) is 4.79 Å². The van der Waals surface area contributed by atoms with Gasteiger partial charge in [-0.1, -0.05) is 18.2 Å². The summed E-state index contributed by atoms with van der Waals surface area (Å²) in [6, 6.07) is 9.41. The van der Waals surface area contributed by atoms with Crippen molar-refractivity contribution in [1.29, 1.82) is 0 Å². The zero-order valence-corrected chi connectivity index (χ0v) is 13.2. The van der Waals surface area contributed by atoms with Crippen LogP contribution < -0.4 is 5.32 Å². The van der Waals surface area contributed by atoms with E-state index in [-0.39, 0.29) is 18.6 Å². The van der Waals surface area contributed by atoms with Crippen LogP contribution in [0.5, 0.6) is 0 Å². The summed E-state index contributed by atoms with van der Waals surface area (Å²) in [5.41, 5.74) is 2.13. The second kappa shape index (κ2) is 7.04. The molecule has 1 amide bonds. The first-order valence-corrected chi connectivity index (χ1v) is 7.79. The summed E-state index contributed by atoms with van der Waals surface area (Å²) in [4.78, 5) is 18.9. The Balaban J connectivity index is 2.05. The van der Waals surface area contributed by atoms with Crippen molar-refractivity contribution in [2.75, 3.05) is 39.9 Å². The number of benzene rings is 1. The summed E-state index contributed by atoms with van der Waals surface area (Å²) in [5, 5.41) is 13.2. The number of nitrogens with zero attached hydrogens (tertiary/aromatic N) is 2. The Hall–Kier alpha value is -2.02. The minimum atomic E-state index is -0.150. The second-order valence-corrected chi connectivity index (χ2v) is 5.63. The number of aliphatic hydroxyl groups is 1. The van der Waals surface area contributed by atoms with Crippen LogP contribution in [0.15, 0.2) is 30.3 Å². The van der Waals surface area contributed by atoms with Gasteiger partial charge in [-0.15, -0.1) is 0 Å². The topological polar surface area (TPSA) is 74.7 Å². The van der Waals surface area contributed by atoms with Crippen LogP contribution in [0, 0.1) is 0 Å². The summed E-state index contributed by atoms with van der Waals surface area (Å²) in [7, 11) is 1.69. The fourth-order valence-electron chi connectivity index (χ4n) is 2.75. The molecule has 2 N–H and O–H groups in total. The molecule has 1 saturated heterocycles. The van der Waals surface area contributed by atoms with Gasteiger partial charge < -0.3 is 20.1 Å². The van der Waals surface area contributed by atoms with Crippen molar-refractivity contribution in [1.82, 2.24) is 15.2 Å². The second-order valence-electron chi connectivity index (χ2n) is 5.63. The Morgan fingerprint density at radius 2 is 2.30 bits per heavy atom. The van der Waals surface area contributed by atoms with Gasteiger partial charge in [-0.05, 0) is 12.1 Å². The lowest BCUT2D eigenvalue weighted by molar-refractivity contribution is 0.0251. The van der Waals surface area contributed by atoms with Crippen LogP contribution >= 0.6 is 0 Å². The highest BCUT2D eigenvalue weighted by molar-refractivity contribution is 6.06. The molecule has 23 heavy (non-hydrogen) atoms. The smallest absolute Gasteiger partial charge is 0.254 e. The van der Waals surface area contributed by atoms with Gasteiger partial charge in [-0.3, -0.25) is 4.79 Å². The molecular weight excluding hydrogens is 294 g/mol. The number of morpholine rings is 1. The molecule has 1 aliphatic heterocycles. The molecule has 0 spiro atoms. The molecule has 122 valence electrons. The van der Waals surface area contributed by atoms with Crippen molar-refractivity contribution in [2.45, 2.75) is 6.10 Å². The van der Waals surface area contributed by atoms with Crippen LogP contribution in [0.3, 0.4) is 0 Å². The number of nitrogens with one attached hydrogen (secondary N) is 1. The number of ether oxygens (including phenoxy) is 1. The van der Waals surface area contributed by atoms with Crippen LogP contribution in [0.1, 0.15) is 22.2 Å². The molecule has 1 atom stereocenters. The van der Waals surface area contributed by atoms with E-state index >= 15 is 0 Å². The van der Waals surface area contributed by atoms with Crippen LogP contribution in [-0.2, 0) is 4.74 Å². The minimum absolute atomic E-state index is 0.0617. The number of rotatable bonds is 4. The Morgan fingerprint density at radius 1 is 1.48 bits per heavy atom.